The number of hydrogen-bond donors (Lipinski definition) is 0. The van der Waals surface area contributed by atoms with Crippen molar-refractivity contribution in [3.05, 3.63) is 193 Å². The maximum atomic E-state index is 2.27. The molecule has 0 unspecified atom stereocenters. The van der Waals surface area contributed by atoms with Crippen molar-refractivity contribution in [3.8, 4) is 55.6 Å². The van der Waals surface area contributed by atoms with Gasteiger partial charge < -0.3 is 0 Å². The van der Waals surface area contributed by atoms with Crippen LogP contribution in [0.15, 0.2) is 182 Å². The van der Waals surface area contributed by atoms with Gasteiger partial charge in [0, 0.05) is 0 Å². The third-order valence-electron chi connectivity index (χ3n) is 8.18. The van der Waals surface area contributed by atoms with Crippen LogP contribution in [0.3, 0.4) is 0 Å². The smallest absolute Gasteiger partial charge is 0.00258 e. The van der Waals surface area contributed by atoms with Crippen LogP contribution in [0.25, 0.3) is 55.6 Å². The van der Waals surface area contributed by atoms with E-state index < -0.39 is 0 Å². The predicted molar refractivity (Wildman–Crippen MR) is 183 cm³/mol. The Bertz CT molecular complexity index is 1950. The molecule has 0 aliphatic heterocycles. The first kappa shape index (κ1) is 26.4. The van der Waals surface area contributed by atoms with Gasteiger partial charge in [-0.15, -0.1) is 0 Å². The van der Waals surface area contributed by atoms with Crippen LogP contribution in [0.5, 0.6) is 0 Å². The zero-order chi connectivity index (χ0) is 28.8. The monoisotopic (exact) mass is 548 g/mol. The molecular formula is C43H32. The van der Waals surface area contributed by atoms with Crippen LogP contribution < -0.4 is 0 Å². The molecule has 0 radical (unpaired) electrons. The van der Waals surface area contributed by atoms with Crippen LogP contribution in [0, 0.1) is 0 Å². The van der Waals surface area contributed by atoms with Gasteiger partial charge in [0.15, 0.2) is 0 Å². The van der Waals surface area contributed by atoms with Crippen LogP contribution >= 0.6 is 0 Å². The van der Waals surface area contributed by atoms with Crippen LogP contribution in [-0.4, -0.2) is 0 Å². The number of hydrogen-bond acceptors (Lipinski definition) is 0. The third kappa shape index (κ3) is 5.69. The van der Waals surface area contributed by atoms with E-state index in [9.17, 15) is 0 Å². The van der Waals surface area contributed by atoms with Crippen LogP contribution in [0.1, 0.15) is 11.1 Å². The van der Waals surface area contributed by atoms with Gasteiger partial charge in [0.05, 0.1) is 0 Å². The van der Waals surface area contributed by atoms with E-state index in [1.54, 1.807) is 0 Å². The highest BCUT2D eigenvalue weighted by atomic mass is 14.2. The van der Waals surface area contributed by atoms with Gasteiger partial charge in [-0.05, 0) is 73.2 Å². The van der Waals surface area contributed by atoms with Gasteiger partial charge in [0.25, 0.3) is 0 Å². The Morgan fingerprint density at radius 1 is 0.209 bits per heavy atom. The predicted octanol–water partition coefficient (Wildman–Crippen LogP) is 11.6. The molecular weight excluding hydrogens is 516 g/mol. The summed E-state index contributed by atoms with van der Waals surface area (Å²) < 4.78 is 0. The van der Waals surface area contributed by atoms with Crippen molar-refractivity contribution < 1.29 is 0 Å². The molecule has 204 valence electrons. The molecule has 0 aliphatic carbocycles. The van der Waals surface area contributed by atoms with Crippen molar-refractivity contribution in [2.75, 3.05) is 0 Å². The lowest BCUT2D eigenvalue weighted by Crippen LogP contribution is -1.91. The fraction of sp³-hybridized carbons (Fsp3) is 0.0233. The van der Waals surface area contributed by atoms with E-state index in [1.165, 1.54) is 66.8 Å². The molecule has 0 saturated heterocycles. The molecule has 43 heavy (non-hydrogen) atoms. The lowest BCUT2D eigenvalue weighted by molar-refractivity contribution is 1.19. The highest BCUT2D eigenvalue weighted by Crippen LogP contribution is 2.38. The number of rotatable bonds is 7. The Balaban J connectivity index is 1.13. The minimum atomic E-state index is 0.902. The highest BCUT2D eigenvalue weighted by molar-refractivity contribution is 5.91. The average molecular weight is 549 g/mol. The minimum absolute atomic E-state index is 0.902. The summed E-state index contributed by atoms with van der Waals surface area (Å²) in [5.41, 5.74) is 15.1. The second-order valence-corrected chi connectivity index (χ2v) is 10.9. The van der Waals surface area contributed by atoms with E-state index >= 15 is 0 Å². The van der Waals surface area contributed by atoms with E-state index in [0.717, 1.165) is 6.42 Å². The van der Waals surface area contributed by atoms with E-state index in [1.807, 2.05) is 0 Å². The Labute approximate surface area is 254 Å². The molecule has 0 heteroatoms. The van der Waals surface area contributed by atoms with E-state index in [-0.39, 0.29) is 0 Å². The summed E-state index contributed by atoms with van der Waals surface area (Å²) in [6, 6.07) is 65.5. The van der Waals surface area contributed by atoms with Gasteiger partial charge >= 0.3 is 0 Å². The maximum Gasteiger partial charge on any atom is -0.00258 e. The zero-order valence-electron chi connectivity index (χ0n) is 24.0. The first-order valence-electron chi connectivity index (χ1n) is 14.9. The summed E-state index contributed by atoms with van der Waals surface area (Å²) in [6.07, 6.45) is 0.902. The summed E-state index contributed by atoms with van der Waals surface area (Å²) >= 11 is 0. The Hall–Kier alpha value is -5.46. The molecule has 0 bridgehead atoms. The van der Waals surface area contributed by atoms with Crippen LogP contribution in [0.4, 0.5) is 0 Å². The first-order valence-corrected chi connectivity index (χ1v) is 14.9. The van der Waals surface area contributed by atoms with Crippen molar-refractivity contribution in [2.24, 2.45) is 0 Å². The van der Waals surface area contributed by atoms with Gasteiger partial charge in [-0.2, -0.15) is 0 Å². The second-order valence-electron chi connectivity index (χ2n) is 10.9. The number of benzene rings is 7. The molecule has 0 N–H and O–H groups in total. The van der Waals surface area contributed by atoms with Gasteiger partial charge in [-0.25, -0.2) is 0 Å². The summed E-state index contributed by atoms with van der Waals surface area (Å²) in [4.78, 5) is 0. The van der Waals surface area contributed by atoms with Crippen LogP contribution in [0.2, 0.25) is 0 Å². The van der Waals surface area contributed by atoms with E-state index in [0.29, 0.717) is 0 Å². The molecule has 0 atom stereocenters. The fourth-order valence-corrected chi connectivity index (χ4v) is 6.00. The lowest BCUT2D eigenvalue weighted by atomic mass is 9.89. The minimum Gasteiger partial charge on any atom is -0.0622 e. The Morgan fingerprint density at radius 3 is 0.814 bits per heavy atom. The first-order chi connectivity index (χ1) is 21.3. The van der Waals surface area contributed by atoms with Crippen molar-refractivity contribution >= 4 is 0 Å². The van der Waals surface area contributed by atoms with Gasteiger partial charge in [0.1, 0.15) is 0 Å². The normalized spacial score (nSPS) is 10.9. The molecule has 0 nitrogen and oxygen atoms in total. The summed E-state index contributed by atoms with van der Waals surface area (Å²) in [5, 5.41) is 0. The van der Waals surface area contributed by atoms with Gasteiger partial charge in [-0.3, -0.25) is 0 Å². The maximum absolute atomic E-state index is 2.27. The van der Waals surface area contributed by atoms with Crippen molar-refractivity contribution in [1.29, 1.82) is 0 Å². The molecule has 0 amide bonds. The molecule has 0 aromatic heterocycles. The third-order valence-corrected chi connectivity index (χ3v) is 8.18. The zero-order valence-corrected chi connectivity index (χ0v) is 24.0. The largest absolute Gasteiger partial charge is 0.0622 e. The molecule has 7 aromatic carbocycles. The summed E-state index contributed by atoms with van der Waals surface area (Å²) in [6.45, 7) is 0. The summed E-state index contributed by atoms with van der Waals surface area (Å²) in [7, 11) is 0. The molecule has 0 saturated carbocycles. The lowest BCUT2D eigenvalue weighted by Gasteiger charge is -2.15. The fourth-order valence-electron chi connectivity index (χ4n) is 6.00. The van der Waals surface area contributed by atoms with E-state index in [2.05, 4.69) is 182 Å². The Morgan fingerprint density at radius 2 is 0.465 bits per heavy atom. The molecule has 0 fully saturated rings. The molecule has 7 rings (SSSR count). The highest BCUT2D eigenvalue weighted by Gasteiger charge is 2.12. The quantitative estimate of drug-likeness (QED) is 0.186. The van der Waals surface area contributed by atoms with Gasteiger partial charge in [0.2, 0.25) is 0 Å². The summed E-state index contributed by atoms with van der Waals surface area (Å²) in [5.74, 6) is 0. The van der Waals surface area contributed by atoms with Crippen molar-refractivity contribution in [3.63, 3.8) is 0 Å². The van der Waals surface area contributed by atoms with Crippen LogP contribution in [-0.2, 0) is 6.42 Å². The Kier molecular flexibility index (Phi) is 7.49. The van der Waals surface area contributed by atoms with Crippen molar-refractivity contribution in [1.82, 2.24) is 0 Å². The standard InChI is InChI=1S/C43H32/c1-3-13-34(14-4-1)38-17-7-8-18-39(38)36-27-23-32(24-28-36)31-33-25-29-37(30-26-33)41-20-10-12-22-43(41)42-21-11-9-19-40(42)35-15-5-2-6-16-35/h1-30H,31H2. The molecule has 0 spiro atoms. The van der Waals surface area contributed by atoms with E-state index in [4.69, 9.17) is 0 Å². The molecule has 0 heterocycles. The van der Waals surface area contributed by atoms with Gasteiger partial charge in [-0.1, -0.05) is 182 Å². The molecule has 0 aliphatic rings. The second kappa shape index (κ2) is 12.2. The SMILES string of the molecule is c1ccc(-c2ccccc2-c2ccc(Cc3ccc(-c4ccccc4-c4ccccc4-c4ccccc4)cc3)cc2)cc1. The topological polar surface area (TPSA) is 0 Å². The average Bonchev–Trinajstić information content (AvgIpc) is 3.10. The van der Waals surface area contributed by atoms with Crippen molar-refractivity contribution in [2.45, 2.75) is 6.42 Å². The molecule has 7 aromatic rings.